The van der Waals surface area contributed by atoms with Crippen molar-refractivity contribution in [3.8, 4) is 0 Å². The van der Waals surface area contributed by atoms with Gasteiger partial charge in [0.2, 0.25) is 0 Å². The average Bonchev–Trinajstić information content (AvgIpc) is 0. The maximum Gasteiger partial charge on any atom is 0 e. The van der Waals surface area contributed by atoms with Gasteiger partial charge in [-0.05, 0) is 0 Å². The quantitative estimate of drug-likeness (QED) is 0.419. The molecule has 0 unspecified atom stereocenters. The molecule has 0 aliphatic rings. The average molecular weight is 291 g/mol. The molecule has 0 aromatic rings. The molecule has 0 spiro atoms. The van der Waals surface area contributed by atoms with Gasteiger partial charge in [-0.3, -0.25) is 0 Å². The smallest absolute Gasteiger partial charge is 0 e. The second kappa shape index (κ2) is 47.2. The molecular weight excluding hydrogens is 285 g/mol. The maximum atomic E-state index is 0. The second-order valence-corrected chi connectivity index (χ2v) is 0. The maximum absolute atomic E-state index is 0. The van der Waals surface area contributed by atoms with E-state index in [0.29, 0.717) is 0 Å². The summed E-state index contributed by atoms with van der Waals surface area (Å²) >= 11 is 0. The fraction of sp³-hybridized carbons (Fsp3) is 0. The standard InChI is InChI=1S/In.3H2O.Sb/h;3*1H2;. The zero-order valence-electron chi connectivity index (χ0n) is 2.52. The summed E-state index contributed by atoms with van der Waals surface area (Å²) in [5.41, 5.74) is 0. The molecule has 5 heavy (non-hydrogen) atoms. The van der Waals surface area contributed by atoms with Gasteiger partial charge in [-0.2, -0.15) is 0 Å². The molecule has 0 aromatic carbocycles. The van der Waals surface area contributed by atoms with Crippen LogP contribution in [0.5, 0.6) is 0 Å². The Morgan fingerprint density at radius 2 is 0.600 bits per heavy atom. The largest absolute Gasteiger partial charge is 0.412 e. The van der Waals surface area contributed by atoms with E-state index in [9.17, 15) is 0 Å². The molecule has 32 valence electrons. The van der Waals surface area contributed by atoms with Gasteiger partial charge < -0.3 is 16.4 Å². The summed E-state index contributed by atoms with van der Waals surface area (Å²) in [6.07, 6.45) is 0. The van der Waals surface area contributed by atoms with E-state index in [1.54, 1.807) is 0 Å². The molecule has 0 saturated heterocycles. The van der Waals surface area contributed by atoms with Gasteiger partial charge in [0.25, 0.3) is 0 Å². The summed E-state index contributed by atoms with van der Waals surface area (Å²) in [6.45, 7) is 0. The summed E-state index contributed by atoms with van der Waals surface area (Å²) in [7, 11) is 0. The van der Waals surface area contributed by atoms with Crippen LogP contribution in [0.25, 0.3) is 0 Å². The third-order valence-electron chi connectivity index (χ3n) is 0. The molecule has 5 heteroatoms. The number of rotatable bonds is 0. The molecule has 0 fully saturated rings. The fourth-order valence-corrected chi connectivity index (χ4v) is 0. The van der Waals surface area contributed by atoms with E-state index in [4.69, 9.17) is 0 Å². The zero-order valence-corrected chi connectivity index (χ0v) is 8.37. The van der Waals surface area contributed by atoms with E-state index in [2.05, 4.69) is 0 Å². The van der Waals surface area contributed by atoms with E-state index in [1.165, 1.54) is 0 Å². The Morgan fingerprint density at radius 1 is 0.600 bits per heavy atom. The first-order valence-corrected chi connectivity index (χ1v) is 0. The summed E-state index contributed by atoms with van der Waals surface area (Å²) < 4.78 is 0. The summed E-state index contributed by atoms with van der Waals surface area (Å²) in [6, 6.07) is 0. The minimum atomic E-state index is 0. The van der Waals surface area contributed by atoms with Crippen molar-refractivity contribution in [2.75, 3.05) is 0 Å². The van der Waals surface area contributed by atoms with Crippen molar-refractivity contribution in [1.82, 2.24) is 0 Å². The van der Waals surface area contributed by atoms with E-state index in [-0.39, 0.29) is 66.7 Å². The molecule has 0 heterocycles. The Labute approximate surface area is 66.3 Å². The van der Waals surface area contributed by atoms with E-state index >= 15 is 0 Å². The minimum absolute atomic E-state index is 0. The van der Waals surface area contributed by atoms with Crippen LogP contribution in [0.15, 0.2) is 0 Å². The first kappa shape index (κ1) is 82.8. The van der Waals surface area contributed by atoms with E-state index in [0.717, 1.165) is 0 Å². The Balaban J connectivity index is 0. The molecule has 0 aliphatic carbocycles. The van der Waals surface area contributed by atoms with Gasteiger partial charge in [0.1, 0.15) is 0 Å². The number of hydrogen-bond donors (Lipinski definition) is 0. The molecule has 0 saturated carbocycles. The molecule has 6 N–H and O–H groups in total. The Morgan fingerprint density at radius 3 is 0.600 bits per heavy atom. The first-order chi connectivity index (χ1) is 0. The van der Waals surface area contributed by atoms with Gasteiger partial charge in [0.15, 0.2) is 0 Å². The monoisotopic (exact) mass is 290 g/mol. The van der Waals surface area contributed by atoms with Crippen LogP contribution in [0.3, 0.4) is 0 Å². The molecular formula is H6InO3Sb. The van der Waals surface area contributed by atoms with Crippen molar-refractivity contribution in [1.29, 1.82) is 0 Å². The van der Waals surface area contributed by atoms with Crippen molar-refractivity contribution in [2.45, 2.75) is 0 Å². The topological polar surface area (TPSA) is 94.5 Å². The van der Waals surface area contributed by atoms with Crippen molar-refractivity contribution < 1.29 is 16.4 Å². The molecule has 0 aliphatic heterocycles. The predicted octanol–water partition coefficient (Wildman–Crippen LogP) is -3.24. The van der Waals surface area contributed by atoms with Crippen molar-refractivity contribution in [2.24, 2.45) is 0 Å². The van der Waals surface area contributed by atoms with Crippen LogP contribution in [0.1, 0.15) is 0 Å². The van der Waals surface area contributed by atoms with Gasteiger partial charge in [0.05, 0.1) is 0 Å². The van der Waals surface area contributed by atoms with E-state index < -0.39 is 0 Å². The summed E-state index contributed by atoms with van der Waals surface area (Å²) in [5.74, 6) is 0. The third-order valence-corrected chi connectivity index (χ3v) is 0. The Bertz CT molecular complexity index is 6.85. The first-order valence-electron chi connectivity index (χ1n) is 0. The van der Waals surface area contributed by atoms with Gasteiger partial charge >= 0.3 is 0 Å². The third kappa shape index (κ3) is 28.8. The SMILES string of the molecule is O.O.O.[In].[Sb]. The van der Waals surface area contributed by atoms with Gasteiger partial charge in [-0.1, -0.05) is 0 Å². The van der Waals surface area contributed by atoms with Crippen molar-refractivity contribution in [3.63, 3.8) is 0 Å². The van der Waals surface area contributed by atoms with Gasteiger partial charge in [-0.15, -0.1) is 0 Å². The van der Waals surface area contributed by atoms with Crippen molar-refractivity contribution in [3.05, 3.63) is 0 Å². The van der Waals surface area contributed by atoms with Crippen molar-refractivity contribution >= 4 is 50.3 Å². The fourth-order valence-electron chi connectivity index (χ4n) is 0. The summed E-state index contributed by atoms with van der Waals surface area (Å²) in [4.78, 5) is 0. The minimum Gasteiger partial charge on any atom is -0.412 e. The molecule has 0 rings (SSSR count). The molecule has 0 atom stereocenters. The van der Waals surface area contributed by atoms with Crippen LogP contribution in [-0.4, -0.2) is 66.7 Å². The van der Waals surface area contributed by atoms with Crippen LogP contribution in [0, 0.1) is 0 Å². The molecule has 0 bridgehead atoms. The summed E-state index contributed by atoms with van der Waals surface area (Å²) in [5, 5.41) is 0. The van der Waals surface area contributed by atoms with Gasteiger partial charge in [-0.25, -0.2) is 0 Å². The van der Waals surface area contributed by atoms with Crippen LogP contribution >= 0.6 is 0 Å². The molecule has 0 aromatic heterocycles. The molecule has 3 nitrogen and oxygen atoms in total. The van der Waals surface area contributed by atoms with Crippen LogP contribution in [0.4, 0.5) is 0 Å². The van der Waals surface area contributed by atoms with E-state index in [1.807, 2.05) is 0 Å². The van der Waals surface area contributed by atoms with Crippen LogP contribution < -0.4 is 0 Å². The zero-order chi connectivity index (χ0) is 0. The van der Waals surface area contributed by atoms with Crippen LogP contribution in [0.2, 0.25) is 0 Å². The number of hydrogen-bond acceptors (Lipinski definition) is 0. The second-order valence-electron chi connectivity index (χ2n) is 0. The molecule has 0 amide bonds. The predicted molar refractivity (Wildman–Crippen MR) is 22.3 cm³/mol. The molecule has 6 radical (unpaired) electrons. The normalized spacial score (nSPS) is 0. The Hall–Kier alpha value is 1.57. The Kier molecular flexibility index (Phi) is 782. The van der Waals surface area contributed by atoms with Crippen LogP contribution in [-0.2, 0) is 0 Å². The van der Waals surface area contributed by atoms with Gasteiger partial charge in [0, 0.05) is 50.3 Å².